The SMILES string of the molecule is CCCCC[CH][Si](OC)(OC)OCC. The maximum absolute atomic E-state index is 5.55. The van der Waals surface area contributed by atoms with Crippen LogP contribution in [-0.2, 0) is 13.3 Å². The Kier molecular flexibility index (Phi) is 8.47. The number of rotatable bonds is 9. The highest BCUT2D eigenvalue weighted by Crippen LogP contribution is 2.15. The average Bonchev–Trinajstić information content (AvgIpc) is 2.23. The molecule has 0 fully saturated rings. The number of hydrogen-bond acceptors (Lipinski definition) is 3. The first kappa shape index (κ1) is 14.1. The Morgan fingerprint density at radius 1 is 1.07 bits per heavy atom. The summed E-state index contributed by atoms with van der Waals surface area (Å²) in [5.74, 6) is 0. The topological polar surface area (TPSA) is 27.7 Å². The fourth-order valence-corrected chi connectivity index (χ4v) is 3.11. The van der Waals surface area contributed by atoms with Crippen molar-refractivity contribution in [1.82, 2.24) is 0 Å². The zero-order valence-electron chi connectivity index (χ0n) is 9.84. The number of unbranched alkanes of at least 4 members (excludes halogenated alkanes) is 3. The summed E-state index contributed by atoms with van der Waals surface area (Å²) >= 11 is 0. The molecule has 0 aromatic carbocycles. The predicted molar refractivity (Wildman–Crippen MR) is 59.8 cm³/mol. The van der Waals surface area contributed by atoms with E-state index in [-0.39, 0.29) is 0 Å². The molecule has 0 unspecified atom stereocenters. The van der Waals surface area contributed by atoms with Gasteiger partial charge >= 0.3 is 8.80 Å². The Morgan fingerprint density at radius 2 is 1.71 bits per heavy atom. The van der Waals surface area contributed by atoms with E-state index in [0.29, 0.717) is 6.61 Å². The van der Waals surface area contributed by atoms with E-state index in [2.05, 4.69) is 13.0 Å². The van der Waals surface area contributed by atoms with Crippen LogP contribution in [0, 0.1) is 6.04 Å². The van der Waals surface area contributed by atoms with Gasteiger partial charge in [-0.25, -0.2) is 0 Å². The maximum atomic E-state index is 5.55. The van der Waals surface area contributed by atoms with Gasteiger partial charge in [-0.15, -0.1) is 0 Å². The first-order chi connectivity index (χ1) is 6.74. The highest BCUT2D eigenvalue weighted by Gasteiger charge is 2.37. The summed E-state index contributed by atoms with van der Waals surface area (Å²) in [7, 11) is 0.891. The van der Waals surface area contributed by atoms with E-state index in [1.807, 2.05) is 6.92 Å². The summed E-state index contributed by atoms with van der Waals surface area (Å²) in [6, 6.07) is 2.09. The Hall–Kier alpha value is 0.0969. The molecule has 85 valence electrons. The van der Waals surface area contributed by atoms with E-state index < -0.39 is 8.80 Å². The highest BCUT2D eigenvalue weighted by molar-refractivity contribution is 6.64. The second-order valence-electron chi connectivity index (χ2n) is 3.14. The molecule has 0 bridgehead atoms. The lowest BCUT2D eigenvalue weighted by molar-refractivity contribution is 0.112. The molecule has 0 saturated carbocycles. The molecule has 0 aliphatic heterocycles. The predicted octanol–water partition coefficient (Wildman–Crippen LogP) is 2.58. The van der Waals surface area contributed by atoms with Gasteiger partial charge in [-0.1, -0.05) is 26.2 Å². The lowest BCUT2D eigenvalue weighted by Gasteiger charge is -2.25. The van der Waals surface area contributed by atoms with E-state index in [1.54, 1.807) is 14.2 Å². The van der Waals surface area contributed by atoms with Crippen molar-refractivity contribution in [2.24, 2.45) is 0 Å². The standard InChI is InChI=1S/C10H23O3Si/c1-5-7-8-9-10-14(11-3,12-4)13-6-2/h10H,5-9H2,1-4H3. The molecule has 0 aromatic heterocycles. The third-order valence-electron chi connectivity index (χ3n) is 2.12. The van der Waals surface area contributed by atoms with Crippen LogP contribution in [0.1, 0.15) is 39.5 Å². The van der Waals surface area contributed by atoms with Crippen molar-refractivity contribution >= 4 is 8.80 Å². The first-order valence-electron chi connectivity index (χ1n) is 5.33. The average molecular weight is 219 g/mol. The van der Waals surface area contributed by atoms with Crippen LogP contribution in [0.3, 0.4) is 0 Å². The van der Waals surface area contributed by atoms with Crippen LogP contribution in [0.25, 0.3) is 0 Å². The first-order valence-corrected chi connectivity index (χ1v) is 7.13. The minimum atomic E-state index is -2.42. The Labute approximate surface area is 89.1 Å². The molecule has 1 radical (unpaired) electrons. The van der Waals surface area contributed by atoms with Crippen LogP contribution in [0.15, 0.2) is 0 Å². The number of hydrogen-bond donors (Lipinski definition) is 0. The summed E-state index contributed by atoms with van der Waals surface area (Å²) in [5, 5.41) is 0. The molecule has 0 aromatic rings. The van der Waals surface area contributed by atoms with E-state index in [1.165, 1.54) is 19.3 Å². The second kappa shape index (κ2) is 8.41. The molecule has 0 aliphatic carbocycles. The lowest BCUT2D eigenvalue weighted by Crippen LogP contribution is -2.44. The second-order valence-corrected chi connectivity index (χ2v) is 5.87. The van der Waals surface area contributed by atoms with Gasteiger partial charge in [0.25, 0.3) is 0 Å². The Balaban J connectivity index is 3.82. The third-order valence-corrected chi connectivity index (χ3v) is 4.73. The van der Waals surface area contributed by atoms with Gasteiger partial charge in [0, 0.05) is 26.9 Å². The smallest absolute Gasteiger partial charge is 0.377 e. The van der Waals surface area contributed by atoms with Crippen molar-refractivity contribution in [2.45, 2.75) is 39.5 Å². The summed E-state index contributed by atoms with van der Waals surface area (Å²) < 4.78 is 16.2. The van der Waals surface area contributed by atoms with Crippen molar-refractivity contribution < 1.29 is 13.3 Å². The maximum Gasteiger partial charge on any atom is 0.503 e. The Bertz CT molecular complexity index is 127. The van der Waals surface area contributed by atoms with Crippen molar-refractivity contribution in [3.8, 4) is 0 Å². The van der Waals surface area contributed by atoms with Crippen LogP contribution in [0.4, 0.5) is 0 Å². The molecule has 0 N–H and O–H groups in total. The summed E-state index contributed by atoms with van der Waals surface area (Å²) in [6.45, 7) is 4.79. The largest absolute Gasteiger partial charge is 0.503 e. The van der Waals surface area contributed by atoms with Gasteiger partial charge in [0.1, 0.15) is 0 Å². The van der Waals surface area contributed by atoms with Crippen LogP contribution in [-0.4, -0.2) is 29.6 Å². The quantitative estimate of drug-likeness (QED) is 0.441. The monoisotopic (exact) mass is 219 g/mol. The van der Waals surface area contributed by atoms with Gasteiger partial charge in [0.05, 0.1) is 0 Å². The third kappa shape index (κ3) is 5.10. The van der Waals surface area contributed by atoms with E-state index >= 15 is 0 Å². The van der Waals surface area contributed by atoms with Crippen molar-refractivity contribution in [1.29, 1.82) is 0 Å². The molecule has 0 atom stereocenters. The fourth-order valence-electron chi connectivity index (χ4n) is 1.30. The van der Waals surface area contributed by atoms with Crippen LogP contribution in [0.2, 0.25) is 0 Å². The minimum Gasteiger partial charge on any atom is -0.377 e. The fraction of sp³-hybridized carbons (Fsp3) is 0.900. The molecule has 0 rings (SSSR count). The minimum absolute atomic E-state index is 0.637. The summed E-state index contributed by atoms with van der Waals surface area (Å²) in [5.41, 5.74) is 0. The molecule has 0 heterocycles. The Morgan fingerprint density at radius 3 is 2.14 bits per heavy atom. The zero-order chi connectivity index (χ0) is 10.9. The molecule has 0 spiro atoms. The van der Waals surface area contributed by atoms with Crippen LogP contribution >= 0.6 is 0 Å². The van der Waals surface area contributed by atoms with Crippen molar-refractivity contribution in [3.63, 3.8) is 0 Å². The van der Waals surface area contributed by atoms with Gasteiger partial charge in [0.2, 0.25) is 0 Å². The van der Waals surface area contributed by atoms with Crippen molar-refractivity contribution in [3.05, 3.63) is 6.04 Å². The van der Waals surface area contributed by atoms with Crippen LogP contribution < -0.4 is 0 Å². The summed E-state index contributed by atoms with van der Waals surface area (Å²) in [6.07, 6.45) is 4.68. The van der Waals surface area contributed by atoms with Gasteiger partial charge < -0.3 is 13.3 Å². The van der Waals surface area contributed by atoms with Crippen molar-refractivity contribution in [2.75, 3.05) is 20.8 Å². The zero-order valence-corrected chi connectivity index (χ0v) is 10.8. The van der Waals surface area contributed by atoms with Gasteiger partial charge in [0.15, 0.2) is 0 Å². The molecular weight excluding hydrogens is 196 g/mol. The molecule has 0 saturated heterocycles. The van der Waals surface area contributed by atoms with E-state index in [4.69, 9.17) is 13.3 Å². The van der Waals surface area contributed by atoms with Crippen LogP contribution in [0.5, 0.6) is 0 Å². The van der Waals surface area contributed by atoms with Gasteiger partial charge in [-0.3, -0.25) is 0 Å². The molecule has 0 aliphatic rings. The molecular formula is C10H23O3Si. The van der Waals surface area contributed by atoms with Gasteiger partial charge in [-0.2, -0.15) is 0 Å². The normalized spacial score (nSPS) is 12.0. The van der Waals surface area contributed by atoms with E-state index in [0.717, 1.165) is 6.42 Å². The molecule has 4 heteroatoms. The lowest BCUT2D eigenvalue weighted by atomic mass is 10.2. The molecule has 0 amide bonds. The summed E-state index contributed by atoms with van der Waals surface area (Å²) in [4.78, 5) is 0. The van der Waals surface area contributed by atoms with E-state index in [9.17, 15) is 0 Å². The highest BCUT2D eigenvalue weighted by atomic mass is 28.4. The molecule has 14 heavy (non-hydrogen) atoms. The van der Waals surface area contributed by atoms with Gasteiger partial charge in [-0.05, 0) is 13.3 Å². The molecule has 3 nitrogen and oxygen atoms in total.